The summed E-state index contributed by atoms with van der Waals surface area (Å²) in [5.41, 5.74) is 11.1. The van der Waals surface area contributed by atoms with Crippen LogP contribution in [0.15, 0.2) is 191 Å². The number of hydrogen-bond acceptors (Lipinski definition) is 5. The van der Waals surface area contributed by atoms with E-state index in [1.165, 1.54) is 0 Å². The molecule has 0 aliphatic heterocycles. The Kier molecular flexibility index (Phi) is 6.83. The fraction of sp³-hybridized carbons (Fsp3) is 0. The second-order valence-electron chi connectivity index (χ2n) is 14.3. The molecule has 8 aromatic carbocycles. The Morgan fingerprint density at radius 2 is 0.947 bits per heavy atom. The average Bonchev–Trinajstić information content (AvgIpc) is 3.97. The van der Waals surface area contributed by atoms with Gasteiger partial charge in [-0.25, -0.2) is 15.0 Å². The minimum atomic E-state index is 0.564. The van der Waals surface area contributed by atoms with Gasteiger partial charge >= 0.3 is 0 Å². The first-order valence-electron chi connectivity index (χ1n) is 19.0. The van der Waals surface area contributed by atoms with Gasteiger partial charge in [-0.1, -0.05) is 140 Å². The summed E-state index contributed by atoms with van der Waals surface area (Å²) in [4.78, 5) is 15.5. The Balaban J connectivity index is 1.15. The Labute approximate surface area is 325 Å². The number of nitrogens with zero attached hydrogens (tertiary/aromatic N) is 4. The molecule has 0 aliphatic rings. The molecule has 0 unspecified atom stereocenters. The molecule has 57 heavy (non-hydrogen) atoms. The van der Waals surface area contributed by atoms with Crippen molar-refractivity contribution in [1.82, 2.24) is 19.5 Å². The summed E-state index contributed by atoms with van der Waals surface area (Å²) < 4.78 is 15.9. The molecule has 0 bridgehead atoms. The van der Waals surface area contributed by atoms with E-state index in [1.807, 2.05) is 60.7 Å². The summed E-state index contributed by atoms with van der Waals surface area (Å²) in [5.74, 6) is 1.76. The van der Waals surface area contributed by atoms with E-state index in [0.29, 0.717) is 17.5 Å². The van der Waals surface area contributed by atoms with Crippen molar-refractivity contribution in [3.05, 3.63) is 182 Å². The summed E-state index contributed by atoms with van der Waals surface area (Å²) in [6.07, 6.45) is 0. The van der Waals surface area contributed by atoms with Crippen LogP contribution in [-0.2, 0) is 0 Å². The third-order valence-corrected chi connectivity index (χ3v) is 11.1. The number of furan rings is 2. The van der Waals surface area contributed by atoms with Crippen molar-refractivity contribution in [3.8, 4) is 51.0 Å². The molecule has 266 valence electrons. The molecule has 0 saturated heterocycles. The predicted octanol–water partition coefficient (Wildman–Crippen LogP) is 13.4. The highest BCUT2D eigenvalue weighted by molar-refractivity contribution is 6.23. The van der Waals surface area contributed by atoms with Crippen LogP contribution in [0.3, 0.4) is 0 Å². The number of rotatable bonds is 5. The van der Waals surface area contributed by atoms with Gasteiger partial charge in [-0.3, -0.25) is 0 Å². The molecule has 0 radical (unpaired) electrons. The lowest BCUT2D eigenvalue weighted by Crippen LogP contribution is -2.01. The van der Waals surface area contributed by atoms with Crippen molar-refractivity contribution in [2.75, 3.05) is 0 Å². The normalized spacial score (nSPS) is 11.9. The van der Waals surface area contributed by atoms with Gasteiger partial charge in [0.2, 0.25) is 0 Å². The lowest BCUT2D eigenvalue weighted by Gasteiger charge is -2.13. The topological polar surface area (TPSA) is 69.9 Å². The number of benzene rings is 8. The lowest BCUT2D eigenvalue weighted by atomic mass is 10.0. The van der Waals surface area contributed by atoms with Crippen molar-refractivity contribution < 1.29 is 8.83 Å². The van der Waals surface area contributed by atoms with E-state index in [4.69, 9.17) is 23.8 Å². The third kappa shape index (κ3) is 4.87. The van der Waals surface area contributed by atoms with Crippen LogP contribution in [0, 0.1) is 0 Å². The van der Waals surface area contributed by atoms with Gasteiger partial charge in [-0.15, -0.1) is 0 Å². The summed E-state index contributed by atoms with van der Waals surface area (Å²) in [7, 11) is 0. The third-order valence-electron chi connectivity index (χ3n) is 11.1. The molecule has 0 aliphatic carbocycles. The van der Waals surface area contributed by atoms with Crippen molar-refractivity contribution >= 4 is 65.7 Å². The summed E-state index contributed by atoms with van der Waals surface area (Å²) in [5, 5.41) is 6.31. The zero-order valence-corrected chi connectivity index (χ0v) is 30.4. The predicted molar refractivity (Wildman–Crippen MR) is 230 cm³/mol. The van der Waals surface area contributed by atoms with Crippen LogP contribution in [0.2, 0.25) is 0 Å². The van der Waals surface area contributed by atoms with E-state index in [9.17, 15) is 0 Å². The first-order chi connectivity index (χ1) is 28.3. The van der Waals surface area contributed by atoms with Crippen LogP contribution >= 0.6 is 0 Å². The lowest BCUT2D eigenvalue weighted by molar-refractivity contribution is 0.665. The molecule has 0 N–H and O–H groups in total. The molecule has 12 aromatic rings. The van der Waals surface area contributed by atoms with E-state index in [2.05, 4.69) is 126 Å². The molecule has 4 aromatic heterocycles. The van der Waals surface area contributed by atoms with Gasteiger partial charge in [0, 0.05) is 49.0 Å². The average molecular weight is 731 g/mol. The van der Waals surface area contributed by atoms with Crippen molar-refractivity contribution in [3.63, 3.8) is 0 Å². The van der Waals surface area contributed by atoms with Gasteiger partial charge in [0.05, 0.1) is 16.7 Å². The first kappa shape index (κ1) is 31.5. The Bertz CT molecular complexity index is 3530. The van der Waals surface area contributed by atoms with Gasteiger partial charge in [-0.05, 0) is 53.6 Å². The van der Waals surface area contributed by atoms with E-state index in [1.54, 1.807) is 0 Å². The minimum Gasteiger partial charge on any atom is -0.454 e. The van der Waals surface area contributed by atoms with Crippen LogP contribution < -0.4 is 0 Å². The Hall–Kier alpha value is -7.83. The molecule has 6 heteroatoms. The molecular weight excluding hydrogens is 701 g/mol. The van der Waals surface area contributed by atoms with Crippen LogP contribution in [-0.4, -0.2) is 19.5 Å². The highest BCUT2D eigenvalue weighted by Gasteiger charge is 2.25. The van der Waals surface area contributed by atoms with Gasteiger partial charge in [-0.2, -0.15) is 0 Å². The maximum absolute atomic E-state index is 6.91. The molecule has 0 fully saturated rings. The molecule has 0 spiro atoms. The van der Waals surface area contributed by atoms with Crippen molar-refractivity contribution in [2.24, 2.45) is 0 Å². The summed E-state index contributed by atoms with van der Waals surface area (Å²) in [6.45, 7) is 0. The van der Waals surface area contributed by atoms with Gasteiger partial charge in [0.1, 0.15) is 11.2 Å². The van der Waals surface area contributed by atoms with Crippen LogP contribution in [0.5, 0.6) is 0 Å². The Morgan fingerprint density at radius 3 is 1.75 bits per heavy atom. The number of hydrogen-bond donors (Lipinski definition) is 0. The molecular formula is C51H30N4O2. The second kappa shape index (κ2) is 12.3. The van der Waals surface area contributed by atoms with E-state index in [-0.39, 0.29) is 0 Å². The Morgan fingerprint density at radius 1 is 0.368 bits per heavy atom. The maximum Gasteiger partial charge on any atom is 0.164 e. The zero-order chi connectivity index (χ0) is 37.5. The monoisotopic (exact) mass is 730 g/mol. The highest BCUT2D eigenvalue weighted by atomic mass is 16.3. The van der Waals surface area contributed by atoms with Gasteiger partial charge in [0.25, 0.3) is 0 Å². The SMILES string of the molecule is c1ccc(-c2cccc(-c3nc(-c4ccccc4)nc(-c4ccc(-n5c6ccccc6c6ccc7c8ccccc8oc7c65)c5oc6ccccc6c45)n3)c2)cc1. The molecule has 0 saturated carbocycles. The maximum atomic E-state index is 6.91. The summed E-state index contributed by atoms with van der Waals surface area (Å²) >= 11 is 0. The van der Waals surface area contributed by atoms with Crippen LogP contribution in [0.4, 0.5) is 0 Å². The second-order valence-corrected chi connectivity index (χ2v) is 14.3. The first-order valence-corrected chi connectivity index (χ1v) is 19.0. The number of para-hydroxylation sites is 3. The van der Waals surface area contributed by atoms with Gasteiger partial charge < -0.3 is 13.4 Å². The fourth-order valence-corrected chi connectivity index (χ4v) is 8.47. The minimum absolute atomic E-state index is 0.564. The molecule has 12 rings (SSSR count). The smallest absolute Gasteiger partial charge is 0.164 e. The van der Waals surface area contributed by atoms with Gasteiger partial charge in [0.15, 0.2) is 28.6 Å². The quantitative estimate of drug-likeness (QED) is 0.176. The fourth-order valence-electron chi connectivity index (χ4n) is 8.47. The standard InChI is InChI=1S/C51H30N4O2/c1-3-14-31(15-4-1)33-18-13-19-34(30-33)50-52-49(32-16-5-2-6-17-32)53-51(54-50)40-28-29-42(48-45(40)39-22-9-12-25-44(39)57-48)55-41-23-10-7-20-35(41)37-26-27-38-36-21-8-11-24-43(36)56-47(38)46(37)55/h1-30H. The van der Waals surface area contributed by atoms with E-state index < -0.39 is 0 Å². The highest BCUT2D eigenvalue weighted by Crippen LogP contribution is 2.45. The number of fused-ring (bicyclic) bond motifs is 10. The summed E-state index contributed by atoms with van der Waals surface area (Å²) in [6, 6.07) is 62.5. The molecule has 4 heterocycles. The van der Waals surface area contributed by atoms with Crippen molar-refractivity contribution in [1.29, 1.82) is 0 Å². The molecule has 0 atom stereocenters. The largest absolute Gasteiger partial charge is 0.454 e. The molecule has 6 nitrogen and oxygen atoms in total. The van der Waals surface area contributed by atoms with E-state index in [0.717, 1.165) is 99.2 Å². The number of aromatic nitrogens is 4. The van der Waals surface area contributed by atoms with Crippen LogP contribution in [0.25, 0.3) is 117 Å². The zero-order valence-electron chi connectivity index (χ0n) is 30.4. The van der Waals surface area contributed by atoms with E-state index >= 15 is 0 Å². The molecule has 0 amide bonds. The van der Waals surface area contributed by atoms with Crippen molar-refractivity contribution in [2.45, 2.75) is 0 Å². The van der Waals surface area contributed by atoms with Crippen LogP contribution in [0.1, 0.15) is 0 Å².